The van der Waals surface area contributed by atoms with Gasteiger partial charge in [0, 0.05) is 18.4 Å². The highest BCUT2D eigenvalue weighted by Crippen LogP contribution is 2.25. The average Bonchev–Trinajstić information content (AvgIpc) is 2.41. The van der Waals surface area contributed by atoms with E-state index in [2.05, 4.69) is 64.3 Å². The van der Waals surface area contributed by atoms with E-state index in [1.54, 1.807) is 12.4 Å². The van der Waals surface area contributed by atoms with Crippen LogP contribution in [0, 0.1) is 0 Å². The molecular weight excluding hydrogens is 288 g/mol. The Morgan fingerprint density at radius 3 is 2.56 bits per heavy atom. The quantitative estimate of drug-likeness (QED) is 0.894. The predicted octanol–water partition coefficient (Wildman–Crippen LogP) is 4.58. The van der Waals surface area contributed by atoms with Crippen LogP contribution in [0.5, 0.6) is 0 Å². The zero-order valence-corrected chi connectivity index (χ0v) is 12.2. The molecule has 0 aliphatic heterocycles. The molecule has 0 fully saturated rings. The van der Waals surface area contributed by atoms with Crippen LogP contribution >= 0.6 is 15.9 Å². The molecule has 18 heavy (non-hydrogen) atoms. The summed E-state index contributed by atoms with van der Waals surface area (Å²) in [6, 6.07) is 11.0. The molecule has 1 heterocycles. The van der Waals surface area contributed by atoms with Crippen molar-refractivity contribution in [3.8, 4) is 0 Å². The maximum Gasteiger partial charge on any atom is 0.0590 e. The predicted molar refractivity (Wildman–Crippen MR) is 79.8 cm³/mol. The molecule has 94 valence electrons. The summed E-state index contributed by atoms with van der Waals surface area (Å²) in [6.45, 7) is 4.33. The third-order valence-corrected chi connectivity index (χ3v) is 3.66. The molecule has 1 aromatic carbocycles. The van der Waals surface area contributed by atoms with Crippen LogP contribution in [0.1, 0.15) is 31.0 Å². The highest BCUT2D eigenvalue weighted by atomic mass is 79.9. The summed E-state index contributed by atoms with van der Waals surface area (Å²) in [5.74, 6) is 0. The second kappa shape index (κ2) is 6.01. The molecule has 0 aliphatic rings. The molecule has 2 aromatic rings. The number of hydrogen-bond acceptors (Lipinski definition) is 2. The van der Waals surface area contributed by atoms with Crippen molar-refractivity contribution in [3.63, 3.8) is 0 Å². The Morgan fingerprint density at radius 1 is 1.22 bits per heavy atom. The highest BCUT2D eigenvalue weighted by molar-refractivity contribution is 9.10. The fourth-order valence-corrected chi connectivity index (χ4v) is 2.22. The van der Waals surface area contributed by atoms with Gasteiger partial charge >= 0.3 is 0 Å². The molecule has 2 nitrogen and oxygen atoms in total. The van der Waals surface area contributed by atoms with Crippen LogP contribution in [0.15, 0.2) is 47.2 Å². The third-order valence-electron chi connectivity index (χ3n) is 3.03. The van der Waals surface area contributed by atoms with E-state index in [1.165, 1.54) is 11.1 Å². The van der Waals surface area contributed by atoms with Crippen molar-refractivity contribution in [1.29, 1.82) is 0 Å². The Morgan fingerprint density at radius 2 is 1.94 bits per heavy atom. The summed E-state index contributed by atoms with van der Waals surface area (Å²) in [7, 11) is 0. The first-order chi connectivity index (χ1) is 8.70. The molecular formula is C15H17BrN2. The maximum absolute atomic E-state index is 4.06. The summed E-state index contributed by atoms with van der Waals surface area (Å²) >= 11 is 3.50. The van der Waals surface area contributed by atoms with Gasteiger partial charge in [-0.25, -0.2) is 0 Å². The number of nitrogens with one attached hydrogen (secondary N) is 1. The smallest absolute Gasteiger partial charge is 0.0590 e. The second-order valence-electron chi connectivity index (χ2n) is 4.32. The molecule has 0 saturated heterocycles. The van der Waals surface area contributed by atoms with Gasteiger partial charge in [-0.05, 0) is 46.5 Å². The Balaban J connectivity index is 2.11. The van der Waals surface area contributed by atoms with Gasteiger partial charge in [-0.1, -0.05) is 31.2 Å². The number of hydrogen-bond donors (Lipinski definition) is 1. The minimum Gasteiger partial charge on any atom is -0.378 e. The molecule has 1 atom stereocenters. The molecule has 0 amide bonds. The molecule has 0 spiro atoms. The maximum atomic E-state index is 4.06. The standard InChI is InChI=1S/C15H17BrN2/c1-3-12-4-6-13(7-5-12)11(2)18-15-8-9-17-10-14(15)16/h4-11H,3H2,1-2H3,(H,17,18). The van der Waals surface area contributed by atoms with Gasteiger partial charge < -0.3 is 5.32 Å². The number of pyridine rings is 1. The van der Waals surface area contributed by atoms with Gasteiger partial charge in [-0.3, -0.25) is 4.98 Å². The summed E-state index contributed by atoms with van der Waals surface area (Å²) in [4.78, 5) is 4.06. The molecule has 1 N–H and O–H groups in total. The molecule has 3 heteroatoms. The van der Waals surface area contributed by atoms with E-state index in [0.717, 1.165) is 16.6 Å². The van der Waals surface area contributed by atoms with Crippen molar-refractivity contribution in [3.05, 3.63) is 58.3 Å². The molecule has 0 aliphatic carbocycles. The van der Waals surface area contributed by atoms with Crippen LogP contribution < -0.4 is 5.32 Å². The van der Waals surface area contributed by atoms with Crippen LogP contribution in [0.3, 0.4) is 0 Å². The van der Waals surface area contributed by atoms with Crippen molar-refractivity contribution in [2.24, 2.45) is 0 Å². The van der Waals surface area contributed by atoms with Crippen LogP contribution in [0.4, 0.5) is 5.69 Å². The van der Waals surface area contributed by atoms with E-state index in [0.29, 0.717) is 0 Å². The zero-order valence-electron chi connectivity index (χ0n) is 10.7. The lowest BCUT2D eigenvalue weighted by atomic mass is 10.0. The van der Waals surface area contributed by atoms with E-state index < -0.39 is 0 Å². The van der Waals surface area contributed by atoms with Gasteiger partial charge in [0.1, 0.15) is 0 Å². The van der Waals surface area contributed by atoms with Crippen molar-refractivity contribution < 1.29 is 0 Å². The third kappa shape index (κ3) is 3.10. The van der Waals surface area contributed by atoms with Crippen molar-refractivity contribution in [2.75, 3.05) is 5.32 Å². The number of nitrogens with zero attached hydrogens (tertiary/aromatic N) is 1. The monoisotopic (exact) mass is 304 g/mol. The van der Waals surface area contributed by atoms with Gasteiger partial charge in [-0.2, -0.15) is 0 Å². The Bertz CT molecular complexity index is 508. The summed E-state index contributed by atoms with van der Waals surface area (Å²) in [6.07, 6.45) is 4.67. The number of aromatic nitrogens is 1. The average molecular weight is 305 g/mol. The Kier molecular flexibility index (Phi) is 4.37. The Labute approximate surface area is 117 Å². The topological polar surface area (TPSA) is 24.9 Å². The largest absolute Gasteiger partial charge is 0.378 e. The zero-order chi connectivity index (χ0) is 13.0. The van der Waals surface area contributed by atoms with Crippen LogP contribution in [-0.4, -0.2) is 4.98 Å². The molecule has 1 unspecified atom stereocenters. The number of halogens is 1. The molecule has 0 bridgehead atoms. The van der Waals surface area contributed by atoms with Crippen molar-refractivity contribution in [2.45, 2.75) is 26.3 Å². The minimum atomic E-state index is 0.273. The van der Waals surface area contributed by atoms with Gasteiger partial charge in [0.25, 0.3) is 0 Å². The number of aryl methyl sites for hydroxylation is 1. The minimum absolute atomic E-state index is 0.273. The van der Waals surface area contributed by atoms with E-state index in [-0.39, 0.29) is 6.04 Å². The van der Waals surface area contributed by atoms with Crippen LogP contribution in [-0.2, 0) is 6.42 Å². The lowest BCUT2D eigenvalue weighted by Gasteiger charge is -2.17. The van der Waals surface area contributed by atoms with Crippen LogP contribution in [0.25, 0.3) is 0 Å². The number of benzene rings is 1. The van der Waals surface area contributed by atoms with Gasteiger partial charge in [-0.15, -0.1) is 0 Å². The SMILES string of the molecule is CCc1ccc(C(C)Nc2ccncc2Br)cc1. The first kappa shape index (κ1) is 13.1. The van der Waals surface area contributed by atoms with Crippen molar-refractivity contribution >= 4 is 21.6 Å². The lowest BCUT2D eigenvalue weighted by molar-refractivity contribution is 0.880. The first-order valence-electron chi connectivity index (χ1n) is 6.15. The van der Waals surface area contributed by atoms with Crippen LogP contribution in [0.2, 0.25) is 0 Å². The summed E-state index contributed by atoms with van der Waals surface area (Å²) in [5, 5.41) is 3.48. The van der Waals surface area contributed by atoms with Crippen molar-refractivity contribution in [1.82, 2.24) is 4.98 Å². The highest BCUT2D eigenvalue weighted by Gasteiger charge is 2.07. The van der Waals surface area contributed by atoms with Gasteiger partial charge in [0.2, 0.25) is 0 Å². The van der Waals surface area contributed by atoms with Gasteiger partial charge in [0.05, 0.1) is 10.2 Å². The lowest BCUT2D eigenvalue weighted by Crippen LogP contribution is -2.07. The fourth-order valence-electron chi connectivity index (χ4n) is 1.85. The normalized spacial score (nSPS) is 12.2. The molecule has 1 aromatic heterocycles. The van der Waals surface area contributed by atoms with E-state index >= 15 is 0 Å². The van der Waals surface area contributed by atoms with Gasteiger partial charge in [0.15, 0.2) is 0 Å². The fraction of sp³-hybridized carbons (Fsp3) is 0.267. The van der Waals surface area contributed by atoms with E-state index in [4.69, 9.17) is 0 Å². The summed E-state index contributed by atoms with van der Waals surface area (Å²) in [5.41, 5.74) is 3.73. The van der Waals surface area contributed by atoms with E-state index in [9.17, 15) is 0 Å². The number of anilines is 1. The first-order valence-corrected chi connectivity index (χ1v) is 6.95. The molecule has 2 rings (SSSR count). The summed E-state index contributed by atoms with van der Waals surface area (Å²) < 4.78 is 0.988. The molecule has 0 saturated carbocycles. The van der Waals surface area contributed by atoms with E-state index in [1.807, 2.05) is 6.07 Å². The molecule has 0 radical (unpaired) electrons. The number of rotatable bonds is 4. The Hall–Kier alpha value is -1.35. The second-order valence-corrected chi connectivity index (χ2v) is 5.17.